The zero-order valence-electron chi connectivity index (χ0n) is 11.1. The van der Waals surface area contributed by atoms with Crippen LogP contribution in [0.2, 0.25) is 5.15 Å². The summed E-state index contributed by atoms with van der Waals surface area (Å²) in [5, 5.41) is 8.22. The molecule has 0 spiro atoms. The summed E-state index contributed by atoms with van der Waals surface area (Å²) in [4.78, 5) is 0. The van der Waals surface area contributed by atoms with Gasteiger partial charge in [-0.05, 0) is 37.1 Å². The number of benzene rings is 1. The molecular weight excluding hydrogens is 280 g/mol. The van der Waals surface area contributed by atoms with Crippen molar-refractivity contribution in [3.05, 3.63) is 40.0 Å². The largest absolute Gasteiger partial charge is 0.472 e. The van der Waals surface area contributed by atoms with Crippen LogP contribution in [0.5, 0.6) is 17.4 Å². The highest BCUT2D eigenvalue weighted by molar-refractivity contribution is 6.30. The number of hydrogen-bond acceptors (Lipinski definition) is 5. The molecule has 0 atom stereocenters. The van der Waals surface area contributed by atoms with Gasteiger partial charge in [0.25, 0.3) is 0 Å². The summed E-state index contributed by atoms with van der Waals surface area (Å²) in [5.41, 5.74) is 2.75. The predicted molar refractivity (Wildman–Crippen MR) is 73.4 cm³/mol. The molecule has 0 unspecified atom stereocenters. The molecule has 2 aromatic rings. The van der Waals surface area contributed by atoms with Crippen molar-refractivity contribution in [1.29, 1.82) is 0 Å². The van der Waals surface area contributed by atoms with Gasteiger partial charge in [-0.3, -0.25) is 0 Å². The van der Waals surface area contributed by atoms with Crippen LogP contribution < -0.4 is 14.2 Å². The first-order valence-electron chi connectivity index (χ1n) is 6.16. The van der Waals surface area contributed by atoms with E-state index >= 15 is 0 Å². The van der Waals surface area contributed by atoms with Gasteiger partial charge < -0.3 is 14.2 Å². The number of rotatable bonds is 3. The molecule has 0 radical (unpaired) electrons. The van der Waals surface area contributed by atoms with Crippen molar-refractivity contribution in [3.8, 4) is 17.4 Å². The maximum Gasteiger partial charge on any atom is 0.237 e. The molecule has 104 valence electrons. The number of hydrogen-bond donors (Lipinski definition) is 0. The van der Waals surface area contributed by atoms with E-state index in [2.05, 4.69) is 10.2 Å². The molecule has 3 rings (SSSR count). The Balaban J connectivity index is 1.75. The summed E-state index contributed by atoms with van der Waals surface area (Å²) in [6, 6.07) is 5.69. The number of aromatic nitrogens is 2. The molecule has 5 nitrogen and oxygen atoms in total. The molecule has 0 amide bonds. The van der Waals surface area contributed by atoms with E-state index in [0.717, 1.165) is 28.2 Å². The third-order valence-corrected chi connectivity index (χ3v) is 3.59. The van der Waals surface area contributed by atoms with E-state index in [-0.39, 0.29) is 6.79 Å². The van der Waals surface area contributed by atoms with Crippen LogP contribution in [-0.4, -0.2) is 17.0 Å². The van der Waals surface area contributed by atoms with Crippen molar-refractivity contribution in [2.75, 3.05) is 6.79 Å². The van der Waals surface area contributed by atoms with Gasteiger partial charge in [0.05, 0.1) is 0 Å². The average Bonchev–Trinajstić information content (AvgIpc) is 2.91. The van der Waals surface area contributed by atoms with Gasteiger partial charge in [-0.15, -0.1) is 10.2 Å². The molecule has 0 aliphatic carbocycles. The molecule has 1 aliphatic rings. The Bertz CT molecular complexity index is 661. The SMILES string of the molecule is Cc1c(Cl)nnc(OCc2ccc3c(c2)OCO3)c1C. The lowest BCUT2D eigenvalue weighted by atomic mass is 10.2. The van der Waals surface area contributed by atoms with Gasteiger partial charge in [-0.25, -0.2) is 0 Å². The highest BCUT2D eigenvalue weighted by atomic mass is 35.5. The second kappa shape index (κ2) is 5.17. The van der Waals surface area contributed by atoms with Gasteiger partial charge in [0.15, 0.2) is 16.7 Å². The minimum absolute atomic E-state index is 0.264. The van der Waals surface area contributed by atoms with Gasteiger partial charge in [0.1, 0.15) is 6.61 Å². The molecule has 0 N–H and O–H groups in total. The standard InChI is InChI=1S/C14H13ClN2O3/c1-8-9(2)14(17-16-13(8)15)18-6-10-3-4-11-12(5-10)20-7-19-11/h3-5H,6-7H2,1-2H3. The van der Waals surface area contributed by atoms with E-state index in [1.807, 2.05) is 32.0 Å². The molecule has 1 aliphatic heterocycles. The van der Waals surface area contributed by atoms with Crippen LogP contribution in [0, 0.1) is 13.8 Å². The minimum Gasteiger partial charge on any atom is -0.472 e. The smallest absolute Gasteiger partial charge is 0.237 e. The summed E-state index contributed by atoms with van der Waals surface area (Å²) in [6.45, 7) is 4.44. The lowest BCUT2D eigenvalue weighted by Crippen LogP contribution is -2.02. The quantitative estimate of drug-likeness (QED) is 0.870. The molecular formula is C14H13ClN2O3. The fourth-order valence-electron chi connectivity index (χ4n) is 1.87. The second-order valence-corrected chi connectivity index (χ2v) is 4.88. The number of ether oxygens (including phenoxy) is 3. The normalized spacial score (nSPS) is 12.6. The third-order valence-electron chi connectivity index (χ3n) is 3.23. The van der Waals surface area contributed by atoms with Crippen molar-refractivity contribution in [2.24, 2.45) is 0 Å². The van der Waals surface area contributed by atoms with Crippen molar-refractivity contribution >= 4 is 11.6 Å². The van der Waals surface area contributed by atoms with E-state index < -0.39 is 0 Å². The number of halogens is 1. The second-order valence-electron chi connectivity index (χ2n) is 4.52. The molecule has 20 heavy (non-hydrogen) atoms. The van der Waals surface area contributed by atoms with Gasteiger partial charge in [-0.2, -0.15) is 0 Å². The molecule has 0 saturated heterocycles. The van der Waals surface area contributed by atoms with Crippen molar-refractivity contribution < 1.29 is 14.2 Å². The van der Waals surface area contributed by atoms with E-state index in [4.69, 9.17) is 25.8 Å². The van der Waals surface area contributed by atoms with Crippen LogP contribution in [0.4, 0.5) is 0 Å². The van der Waals surface area contributed by atoms with Crippen LogP contribution in [0.15, 0.2) is 18.2 Å². The van der Waals surface area contributed by atoms with E-state index in [0.29, 0.717) is 17.6 Å². The topological polar surface area (TPSA) is 53.5 Å². The molecule has 0 fully saturated rings. The van der Waals surface area contributed by atoms with Crippen LogP contribution in [0.25, 0.3) is 0 Å². The van der Waals surface area contributed by atoms with Gasteiger partial charge >= 0.3 is 0 Å². The summed E-state index contributed by atoms with van der Waals surface area (Å²) >= 11 is 5.91. The third kappa shape index (κ3) is 2.36. The monoisotopic (exact) mass is 292 g/mol. The lowest BCUT2D eigenvalue weighted by molar-refractivity contribution is 0.174. The molecule has 0 bridgehead atoms. The first-order valence-corrected chi connectivity index (χ1v) is 6.53. The molecule has 1 aromatic heterocycles. The molecule has 1 aromatic carbocycles. The van der Waals surface area contributed by atoms with E-state index in [1.54, 1.807) is 0 Å². The van der Waals surface area contributed by atoms with Crippen molar-refractivity contribution in [2.45, 2.75) is 20.5 Å². The first kappa shape index (κ1) is 13.0. The maximum atomic E-state index is 5.91. The molecule has 6 heteroatoms. The van der Waals surface area contributed by atoms with E-state index in [9.17, 15) is 0 Å². The van der Waals surface area contributed by atoms with Crippen LogP contribution >= 0.6 is 11.6 Å². The highest BCUT2D eigenvalue weighted by Crippen LogP contribution is 2.33. The summed E-state index contributed by atoms with van der Waals surface area (Å²) in [5.74, 6) is 1.98. The van der Waals surface area contributed by atoms with Crippen molar-refractivity contribution in [3.63, 3.8) is 0 Å². The summed E-state index contributed by atoms with van der Waals surface area (Å²) in [7, 11) is 0. The first-order chi connectivity index (χ1) is 9.65. The maximum absolute atomic E-state index is 5.91. The Hall–Kier alpha value is -2.01. The number of fused-ring (bicyclic) bond motifs is 1. The average molecular weight is 293 g/mol. The van der Waals surface area contributed by atoms with Crippen LogP contribution in [0.1, 0.15) is 16.7 Å². The zero-order chi connectivity index (χ0) is 14.1. The zero-order valence-corrected chi connectivity index (χ0v) is 11.9. The summed E-state index contributed by atoms with van der Waals surface area (Å²) < 4.78 is 16.3. The van der Waals surface area contributed by atoms with Crippen LogP contribution in [-0.2, 0) is 6.61 Å². The Morgan fingerprint density at radius 2 is 1.95 bits per heavy atom. The van der Waals surface area contributed by atoms with E-state index in [1.165, 1.54) is 0 Å². The number of nitrogens with zero attached hydrogens (tertiary/aromatic N) is 2. The predicted octanol–water partition coefficient (Wildman–Crippen LogP) is 3.05. The fraction of sp³-hybridized carbons (Fsp3) is 0.286. The highest BCUT2D eigenvalue weighted by Gasteiger charge is 2.14. The van der Waals surface area contributed by atoms with Crippen molar-refractivity contribution in [1.82, 2.24) is 10.2 Å². The lowest BCUT2D eigenvalue weighted by Gasteiger charge is -2.10. The summed E-state index contributed by atoms with van der Waals surface area (Å²) in [6.07, 6.45) is 0. The van der Waals surface area contributed by atoms with Gasteiger partial charge in [0, 0.05) is 5.56 Å². The van der Waals surface area contributed by atoms with Crippen LogP contribution in [0.3, 0.4) is 0 Å². The van der Waals surface area contributed by atoms with Gasteiger partial charge in [0.2, 0.25) is 12.7 Å². The van der Waals surface area contributed by atoms with Gasteiger partial charge in [-0.1, -0.05) is 17.7 Å². The Morgan fingerprint density at radius 3 is 2.80 bits per heavy atom. The molecule has 0 saturated carbocycles. The fourth-order valence-corrected chi connectivity index (χ4v) is 2.05. The Labute approximate surface area is 121 Å². The Kier molecular flexibility index (Phi) is 3.36. The molecule has 2 heterocycles. The minimum atomic E-state index is 0.264. The Morgan fingerprint density at radius 1 is 1.15 bits per heavy atom.